The van der Waals surface area contributed by atoms with Crippen molar-refractivity contribution < 1.29 is 19.3 Å². The lowest BCUT2D eigenvalue weighted by Gasteiger charge is -2.28. The maximum absolute atomic E-state index is 13.9. The summed E-state index contributed by atoms with van der Waals surface area (Å²) in [5.41, 5.74) is 6.55. The van der Waals surface area contributed by atoms with Crippen LogP contribution < -0.4 is 0 Å². The van der Waals surface area contributed by atoms with Crippen molar-refractivity contribution in [3.8, 4) is 16.8 Å². The first-order valence-electron chi connectivity index (χ1n) is 11.6. The predicted molar refractivity (Wildman–Crippen MR) is 134 cm³/mol. The minimum Gasteiger partial charge on any atom is -0.394 e. The first kappa shape index (κ1) is 23.4. The number of halogens is 1. The maximum atomic E-state index is 13.9. The number of aromatic nitrogens is 3. The largest absolute Gasteiger partial charge is 0.394 e. The van der Waals surface area contributed by atoms with Crippen LogP contribution >= 0.6 is 0 Å². The Hall–Kier alpha value is -3.33. The third-order valence-corrected chi connectivity index (χ3v) is 6.48. The van der Waals surface area contributed by atoms with Crippen LogP contribution in [0.5, 0.6) is 0 Å². The van der Waals surface area contributed by atoms with Gasteiger partial charge in [-0.25, -0.2) is 4.39 Å². The van der Waals surface area contributed by atoms with E-state index in [1.54, 1.807) is 30.1 Å². The highest BCUT2D eigenvalue weighted by atomic mass is 19.1. The van der Waals surface area contributed by atoms with E-state index in [1.165, 1.54) is 12.1 Å². The van der Waals surface area contributed by atoms with Crippen LogP contribution in [-0.4, -0.2) is 57.2 Å². The van der Waals surface area contributed by atoms with Gasteiger partial charge in [0.1, 0.15) is 5.82 Å². The van der Waals surface area contributed by atoms with Crippen molar-refractivity contribution in [3.63, 3.8) is 0 Å². The van der Waals surface area contributed by atoms with Gasteiger partial charge in [-0.05, 0) is 47.5 Å². The summed E-state index contributed by atoms with van der Waals surface area (Å²) in [6, 6.07) is 10.8. The van der Waals surface area contributed by atoms with Gasteiger partial charge in [0.25, 0.3) is 0 Å². The van der Waals surface area contributed by atoms with Crippen molar-refractivity contribution in [1.29, 1.82) is 0 Å². The zero-order valence-corrected chi connectivity index (χ0v) is 20.1. The van der Waals surface area contributed by atoms with Gasteiger partial charge in [-0.15, -0.1) is 0 Å². The Balaban J connectivity index is 1.84. The molecule has 182 valence electrons. The lowest BCUT2D eigenvalue weighted by molar-refractivity contribution is 0.0783. The number of aliphatic imine (C=N–C) groups is 1. The molecule has 2 N–H and O–H groups in total. The summed E-state index contributed by atoms with van der Waals surface area (Å²) in [7, 11) is 1.69. The Kier molecular flexibility index (Phi) is 6.04. The highest BCUT2D eigenvalue weighted by Crippen LogP contribution is 2.44. The van der Waals surface area contributed by atoms with Crippen molar-refractivity contribution in [3.05, 3.63) is 71.4 Å². The molecular weight excluding hydrogens is 447 g/mol. The lowest BCUT2D eigenvalue weighted by Crippen LogP contribution is -2.27. The summed E-state index contributed by atoms with van der Waals surface area (Å²) < 4.78 is 23.3. The first-order chi connectivity index (χ1) is 16.8. The monoisotopic (exact) mass is 476 g/mol. The van der Waals surface area contributed by atoms with Crippen LogP contribution in [0.2, 0.25) is 0 Å². The molecule has 35 heavy (non-hydrogen) atoms. The fraction of sp³-hybridized carbons (Fsp3) is 0.333. The lowest BCUT2D eigenvalue weighted by atomic mass is 9.85. The van der Waals surface area contributed by atoms with Gasteiger partial charge >= 0.3 is 0 Å². The minimum atomic E-state index is -0.895. The zero-order chi connectivity index (χ0) is 24.7. The third kappa shape index (κ3) is 4.18. The molecule has 2 aromatic heterocycles. The number of benzene rings is 2. The predicted octanol–water partition coefficient (Wildman–Crippen LogP) is 3.84. The van der Waals surface area contributed by atoms with Crippen LogP contribution in [0.3, 0.4) is 0 Å². The van der Waals surface area contributed by atoms with Crippen molar-refractivity contribution in [2.24, 2.45) is 4.99 Å². The van der Waals surface area contributed by atoms with E-state index >= 15 is 0 Å². The highest BCUT2D eigenvalue weighted by molar-refractivity contribution is 6.03. The molecule has 0 saturated carbocycles. The van der Waals surface area contributed by atoms with E-state index in [-0.39, 0.29) is 19.0 Å². The molecule has 5 rings (SSSR count). The quantitative estimate of drug-likeness (QED) is 0.405. The second-order valence-corrected chi connectivity index (χ2v) is 9.68. The molecule has 0 radical (unpaired) electrons. The van der Waals surface area contributed by atoms with E-state index in [0.29, 0.717) is 13.2 Å². The molecule has 1 unspecified atom stereocenters. The fourth-order valence-electron chi connectivity index (χ4n) is 4.98. The Morgan fingerprint density at radius 3 is 2.69 bits per heavy atom. The van der Waals surface area contributed by atoms with Crippen molar-refractivity contribution in [1.82, 2.24) is 14.3 Å². The molecule has 0 amide bonds. The molecule has 2 aromatic carbocycles. The average Bonchev–Trinajstić information content (AvgIpc) is 3.55. The maximum Gasteiger partial charge on any atom is 0.123 e. The summed E-state index contributed by atoms with van der Waals surface area (Å²) in [4.78, 5) is 4.45. The summed E-state index contributed by atoms with van der Waals surface area (Å²) in [5.74, 6) is -0.292. The second-order valence-electron chi connectivity index (χ2n) is 9.68. The van der Waals surface area contributed by atoms with E-state index < -0.39 is 11.5 Å². The van der Waals surface area contributed by atoms with E-state index in [4.69, 9.17) is 4.74 Å². The molecule has 1 aliphatic rings. The Bertz CT molecular complexity index is 1400. The van der Waals surface area contributed by atoms with Crippen molar-refractivity contribution in [2.75, 3.05) is 20.3 Å². The molecule has 1 aliphatic heterocycles. The van der Waals surface area contributed by atoms with E-state index in [0.717, 1.165) is 44.5 Å². The van der Waals surface area contributed by atoms with Gasteiger partial charge in [-0.1, -0.05) is 13.8 Å². The number of nitrogens with zero attached hydrogens (tertiary/aromatic N) is 4. The molecular formula is C27H29FN4O3. The van der Waals surface area contributed by atoms with Gasteiger partial charge < -0.3 is 19.5 Å². The molecule has 4 aromatic rings. The molecule has 0 fully saturated rings. The molecule has 0 spiro atoms. The molecule has 3 heterocycles. The topological polar surface area (TPSA) is 84.8 Å². The molecule has 0 saturated heterocycles. The Morgan fingerprint density at radius 1 is 1.20 bits per heavy atom. The zero-order valence-electron chi connectivity index (χ0n) is 20.1. The van der Waals surface area contributed by atoms with E-state index in [2.05, 4.69) is 40.6 Å². The fourth-order valence-corrected chi connectivity index (χ4v) is 4.98. The summed E-state index contributed by atoms with van der Waals surface area (Å²) in [6.45, 7) is 5.21. The van der Waals surface area contributed by atoms with Crippen molar-refractivity contribution in [2.45, 2.75) is 38.5 Å². The first-order valence-corrected chi connectivity index (χ1v) is 11.6. The highest BCUT2D eigenvalue weighted by Gasteiger charge is 2.33. The number of ether oxygens (including phenoxy) is 1. The van der Waals surface area contributed by atoms with Crippen LogP contribution in [0.1, 0.15) is 30.7 Å². The van der Waals surface area contributed by atoms with Gasteiger partial charge in [0.05, 0.1) is 44.1 Å². The third-order valence-electron chi connectivity index (χ3n) is 6.48. The summed E-state index contributed by atoms with van der Waals surface area (Å²) in [6.07, 6.45) is 4.67. The van der Waals surface area contributed by atoms with Crippen LogP contribution in [-0.2, 0) is 23.2 Å². The van der Waals surface area contributed by atoms with Gasteiger partial charge in [-0.2, -0.15) is 5.10 Å². The second kappa shape index (κ2) is 9.03. The van der Waals surface area contributed by atoms with Crippen LogP contribution in [0.15, 0.2) is 53.8 Å². The van der Waals surface area contributed by atoms with E-state index in [1.807, 2.05) is 12.4 Å². The SMILES string of the molecule is COCC(C)(C)c1c(-c2cnn(CC(O)CO)c2)c2cc3c(cc2n1-c1ccc(F)cc1)C=NC3. The number of aliphatic hydroxyl groups excluding tert-OH is 2. The molecule has 0 aliphatic carbocycles. The summed E-state index contributed by atoms with van der Waals surface area (Å²) in [5, 5.41) is 24.7. The molecule has 0 bridgehead atoms. The smallest absolute Gasteiger partial charge is 0.123 e. The Labute approximate surface area is 203 Å². The average molecular weight is 477 g/mol. The number of methoxy groups -OCH3 is 1. The number of aliphatic hydroxyl groups is 2. The van der Waals surface area contributed by atoms with Gasteiger partial charge in [0.15, 0.2) is 0 Å². The van der Waals surface area contributed by atoms with E-state index in [9.17, 15) is 14.6 Å². The molecule has 1 atom stereocenters. The standard InChI is InChI=1S/C27H29FN4O3/c1-27(2,16-35-3)26-25(19-12-30-31(13-19)14-22(34)15-33)23-8-17-10-29-11-18(17)9-24(23)32(26)21-6-4-20(28)5-7-21/h4-9,11-13,22,33-34H,10,14-16H2,1-3H3. The van der Waals surface area contributed by atoms with Crippen molar-refractivity contribution >= 4 is 17.1 Å². The van der Waals surface area contributed by atoms with Gasteiger partial charge in [0.2, 0.25) is 0 Å². The number of fused-ring (bicyclic) bond motifs is 2. The number of hydrogen-bond donors (Lipinski definition) is 2. The number of rotatable bonds is 8. The van der Waals surface area contributed by atoms with Gasteiger partial charge in [0, 0.05) is 52.8 Å². The number of hydrogen-bond acceptors (Lipinski definition) is 5. The van der Waals surface area contributed by atoms with Gasteiger partial charge in [-0.3, -0.25) is 9.67 Å². The minimum absolute atomic E-state index is 0.188. The van der Waals surface area contributed by atoms with Crippen LogP contribution in [0.4, 0.5) is 4.39 Å². The molecule has 7 nitrogen and oxygen atoms in total. The van der Waals surface area contributed by atoms with Crippen LogP contribution in [0.25, 0.3) is 27.7 Å². The summed E-state index contributed by atoms with van der Waals surface area (Å²) >= 11 is 0. The normalized spacial score (nSPS) is 14.1. The Morgan fingerprint density at radius 2 is 1.97 bits per heavy atom. The molecule has 8 heteroatoms. The van der Waals surface area contributed by atoms with Crippen LogP contribution in [0, 0.1) is 5.82 Å².